The quantitative estimate of drug-likeness (QED) is 0.647. The van der Waals surface area contributed by atoms with Crippen LogP contribution in [0.2, 0.25) is 0 Å². The van der Waals surface area contributed by atoms with E-state index in [9.17, 15) is 4.79 Å². The molecule has 2 spiro atoms. The molecule has 3 aliphatic carbocycles. The van der Waals surface area contributed by atoms with Crippen LogP contribution in [0.15, 0.2) is 0 Å². The second-order valence-corrected chi connectivity index (χ2v) is 4.88. The lowest BCUT2D eigenvalue weighted by molar-refractivity contribution is -0.183. The molecule has 0 amide bonds. The molecule has 0 aliphatic heterocycles. The zero-order valence-corrected chi connectivity index (χ0v) is 7.18. The summed E-state index contributed by atoms with van der Waals surface area (Å²) in [6.45, 7) is 0. The highest BCUT2D eigenvalue weighted by Crippen LogP contribution is 2.80. The maximum absolute atomic E-state index is 10.9. The Morgan fingerprint density at radius 3 is 2.25 bits per heavy atom. The molecule has 1 unspecified atom stereocenters. The summed E-state index contributed by atoms with van der Waals surface area (Å²) in [6.07, 6.45) is 7.29. The van der Waals surface area contributed by atoms with Crippen LogP contribution >= 0.6 is 0 Å². The number of hydrogen-bond donors (Lipinski definition) is 1. The van der Waals surface area contributed by atoms with Gasteiger partial charge in [-0.1, -0.05) is 6.42 Å². The Hall–Kier alpha value is -0.530. The standard InChI is InChI=1S/C10H14O2/c11-8(12)7-6-9(4-5-9)10(7)2-1-3-10/h7H,1-6H2,(H,11,12). The molecule has 2 nitrogen and oxygen atoms in total. The number of rotatable bonds is 1. The molecule has 3 rings (SSSR count). The van der Waals surface area contributed by atoms with E-state index in [1.54, 1.807) is 0 Å². The molecule has 0 aromatic heterocycles. The summed E-state index contributed by atoms with van der Waals surface area (Å²) < 4.78 is 0. The first kappa shape index (κ1) is 6.93. The van der Waals surface area contributed by atoms with Gasteiger partial charge in [0.05, 0.1) is 5.92 Å². The Balaban J connectivity index is 1.88. The SMILES string of the molecule is O=C(O)C1CC2(CC2)C12CCC2. The second kappa shape index (κ2) is 1.70. The van der Waals surface area contributed by atoms with E-state index in [0.717, 1.165) is 6.42 Å². The Bertz CT molecular complexity index is 249. The van der Waals surface area contributed by atoms with Gasteiger partial charge in [-0.15, -0.1) is 0 Å². The highest BCUT2D eigenvalue weighted by molar-refractivity contribution is 5.74. The molecule has 3 aliphatic rings. The van der Waals surface area contributed by atoms with Crippen molar-refractivity contribution in [1.29, 1.82) is 0 Å². The van der Waals surface area contributed by atoms with Crippen LogP contribution in [0.1, 0.15) is 38.5 Å². The lowest BCUT2D eigenvalue weighted by Crippen LogP contribution is -2.58. The fourth-order valence-corrected chi connectivity index (χ4v) is 3.64. The van der Waals surface area contributed by atoms with Gasteiger partial charge in [-0.05, 0) is 42.9 Å². The fraction of sp³-hybridized carbons (Fsp3) is 0.900. The zero-order valence-electron chi connectivity index (χ0n) is 7.18. The van der Waals surface area contributed by atoms with Crippen LogP contribution in [0.4, 0.5) is 0 Å². The summed E-state index contributed by atoms with van der Waals surface area (Å²) in [6, 6.07) is 0. The molecule has 1 atom stereocenters. The van der Waals surface area contributed by atoms with Crippen molar-refractivity contribution in [2.75, 3.05) is 0 Å². The number of carboxylic acid groups (broad SMARTS) is 1. The van der Waals surface area contributed by atoms with Crippen LogP contribution in [0.3, 0.4) is 0 Å². The number of aliphatic carboxylic acids is 1. The number of carboxylic acids is 1. The first-order valence-electron chi connectivity index (χ1n) is 4.93. The first-order chi connectivity index (χ1) is 5.70. The molecule has 2 heteroatoms. The van der Waals surface area contributed by atoms with E-state index in [0.29, 0.717) is 10.8 Å². The first-order valence-corrected chi connectivity index (χ1v) is 4.93. The minimum atomic E-state index is -0.535. The average molecular weight is 166 g/mol. The van der Waals surface area contributed by atoms with Gasteiger partial charge >= 0.3 is 5.97 Å². The van der Waals surface area contributed by atoms with Gasteiger partial charge in [0, 0.05) is 0 Å². The summed E-state index contributed by atoms with van der Waals surface area (Å²) in [7, 11) is 0. The van der Waals surface area contributed by atoms with Crippen LogP contribution in [0.5, 0.6) is 0 Å². The van der Waals surface area contributed by atoms with Crippen molar-refractivity contribution in [2.24, 2.45) is 16.7 Å². The van der Waals surface area contributed by atoms with Crippen molar-refractivity contribution in [2.45, 2.75) is 38.5 Å². The highest BCUT2D eigenvalue weighted by Gasteiger charge is 2.74. The molecule has 0 aromatic rings. The number of fused-ring (bicyclic) bond motifs is 1. The summed E-state index contributed by atoms with van der Waals surface area (Å²) in [5.41, 5.74) is 0.827. The molecule has 1 N–H and O–H groups in total. The van der Waals surface area contributed by atoms with Crippen LogP contribution < -0.4 is 0 Å². The van der Waals surface area contributed by atoms with Gasteiger partial charge in [0.2, 0.25) is 0 Å². The summed E-state index contributed by atoms with van der Waals surface area (Å²) >= 11 is 0. The van der Waals surface area contributed by atoms with Crippen molar-refractivity contribution in [3.05, 3.63) is 0 Å². The lowest BCUT2D eigenvalue weighted by atomic mass is 9.42. The Morgan fingerprint density at radius 2 is 1.92 bits per heavy atom. The van der Waals surface area contributed by atoms with E-state index >= 15 is 0 Å². The largest absolute Gasteiger partial charge is 0.481 e. The van der Waals surface area contributed by atoms with Gasteiger partial charge in [0.1, 0.15) is 0 Å². The minimum absolute atomic E-state index is 0.0220. The Morgan fingerprint density at radius 1 is 1.25 bits per heavy atom. The van der Waals surface area contributed by atoms with Crippen LogP contribution in [-0.4, -0.2) is 11.1 Å². The molecule has 12 heavy (non-hydrogen) atoms. The van der Waals surface area contributed by atoms with E-state index < -0.39 is 5.97 Å². The highest BCUT2D eigenvalue weighted by atomic mass is 16.4. The Kier molecular flexibility index (Phi) is 0.984. The topological polar surface area (TPSA) is 37.3 Å². The predicted molar refractivity (Wildman–Crippen MR) is 43.7 cm³/mol. The smallest absolute Gasteiger partial charge is 0.307 e. The van der Waals surface area contributed by atoms with Gasteiger partial charge < -0.3 is 5.11 Å². The zero-order chi connectivity index (χ0) is 8.40. The third-order valence-electron chi connectivity index (χ3n) is 4.72. The van der Waals surface area contributed by atoms with Gasteiger partial charge in [-0.25, -0.2) is 0 Å². The van der Waals surface area contributed by atoms with Gasteiger partial charge in [0.25, 0.3) is 0 Å². The molecular weight excluding hydrogens is 152 g/mol. The third kappa shape index (κ3) is 0.511. The van der Waals surface area contributed by atoms with Crippen molar-refractivity contribution in [3.63, 3.8) is 0 Å². The number of hydrogen-bond acceptors (Lipinski definition) is 1. The fourth-order valence-electron chi connectivity index (χ4n) is 3.64. The Labute approximate surface area is 72.0 Å². The van der Waals surface area contributed by atoms with Crippen molar-refractivity contribution < 1.29 is 9.90 Å². The van der Waals surface area contributed by atoms with E-state index in [4.69, 9.17) is 5.11 Å². The van der Waals surface area contributed by atoms with Crippen molar-refractivity contribution in [1.82, 2.24) is 0 Å². The molecule has 0 heterocycles. The van der Waals surface area contributed by atoms with Gasteiger partial charge in [-0.2, -0.15) is 0 Å². The monoisotopic (exact) mass is 166 g/mol. The number of carbonyl (C=O) groups is 1. The predicted octanol–water partition coefficient (Wildman–Crippen LogP) is 2.04. The van der Waals surface area contributed by atoms with Crippen LogP contribution in [0, 0.1) is 16.7 Å². The summed E-state index contributed by atoms with van der Waals surface area (Å²) in [5.74, 6) is -0.513. The summed E-state index contributed by atoms with van der Waals surface area (Å²) in [4.78, 5) is 10.9. The molecule has 66 valence electrons. The third-order valence-corrected chi connectivity index (χ3v) is 4.72. The van der Waals surface area contributed by atoms with Crippen molar-refractivity contribution in [3.8, 4) is 0 Å². The molecule has 0 radical (unpaired) electrons. The molecule has 3 saturated carbocycles. The molecular formula is C10H14O2. The summed E-state index contributed by atoms with van der Waals surface area (Å²) in [5, 5.41) is 8.99. The molecule has 0 aromatic carbocycles. The average Bonchev–Trinajstić information content (AvgIpc) is 2.57. The minimum Gasteiger partial charge on any atom is -0.481 e. The van der Waals surface area contributed by atoms with E-state index in [1.807, 2.05) is 0 Å². The van der Waals surface area contributed by atoms with Gasteiger partial charge in [0.15, 0.2) is 0 Å². The normalized spacial score (nSPS) is 38.8. The maximum Gasteiger partial charge on any atom is 0.307 e. The van der Waals surface area contributed by atoms with Crippen LogP contribution in [-0.2, 0) is 4.79 Å². The molecule has 0 bridgehead atoms. The molecule has 3 fully saturated rings. The van der Waals surface area contributed by atoms with Gasteiger partial charge in [-0.3, -0.25) is 4.79 Å². The maximum atomic E-state index is 10.9. The lowest BCUT2D eigenvalue weighted by Gasteiger charge is -2.61. The van der Waals surface area contributed by atoms with E-state index in [2.05, 4.69) is 0 Å². The van der Waals surface area contributed by atoms with Crippen molar-refractivity contribution >= 4 is 5.97 Å². The second-order valence-electron chi connectivity index (χ2n) is 4.88. The van der Waals surface area contributed by atoms with E-state index in [-0.39, 0.29) is 5.92 Å². The molecule has 0 saturated heterocycles. The van der Waals surface area contributed by atoms with Crippen LogP contribution in [0.25, 0.3) is 0 Å². The van der Waals surface area contributed by atoms with E-state index in [1.165, 1.54) is 32.1 Å².